The molecular weight excluding hydrogens is 348 g/mol. The molecule has 5 heteroatoms. The van der Waals surface area contributed by atoms with Gasteiger partial charge in [0, 0.05) is 28.2 Å². The summed E-state index contributed by atoms with van der Waals surface area (Å²) in [7, 11) is 0. The fourth-order valence-electron chi connectivity index (χ4n) is 1.44. The first-order valence-corrected chi connectivity index (χ1v) is 7.22. The number of rotatable bonds is 5. The molecule has 0 aliphatic rings. The lowest BCUT2D eigenvalue weighted by Crippen LogP contribution is -2.30. The van der Waals surface area contributed by atoms with Crippen LogP contribution >= 0.6 is 31.9 Å². The van der Waals surface area contributed by atoms with Gasteiger partial charge < -0.3 is 5.32 Å². The molecule has 0 radical (unpaired) electrons. The number of alkyl halides is 1. The molecule has 1 atom stereocenters. The smallest absolute Gasteiger partial charge is 0.252 e. The van der Waals surface area contributed by atoms with Crippen molar-refractivity contribution >= 4 is 37.8 Å². The van der Waals surface area contributed by atoms with E-state index in [1.165, 1.54) is 0 Å². The van der Waals surface area contributed by atoms with Crippen LogP contribution in [0, 0.1) is 5.92 Å². The normalized spacial score (nSPS) is 12.5. The molecule has 1 rings (SSSR count). The Balaban J connectivity index is 2.45. The molecule has 1 heterocycles. The maximum atomic E-state index is 11.8. The molecule has 1 aromatic heterocycles. The van der Waals surface area contributed by atoms with Crippen molar-refractivity contribution in [1.82, 2.24) is 10.3 Å². The van der Waals surface area contributed by atoms with Crippen LogP contribution in [0.15, 0.2) is 22.9 Å². The first kappa shape index (κ1) is 14.6. The molecule has 1 unspecified atom stereocenters. The van der Waals surface area contributed by atoms with E-state index in [0.29, 0.717) is 22.9 Å². The fraction of sp³-hybridized carbons (Fsp3) is 0.500. The zero-order valence-corrected chi connectivity index (χ0v) is 13.1. The van der Waals surface area contributed by atoms with Crippen LogP contribution in [0.1, 0.15) is 30.6 Å². The molecule has 3 nitrogen and oxygen atoms in total. The molecule has 0 bridgehead atoms. The topological polar surface area (TPSA) is 42.0 Å². The van der Waals surface area contributed by atoms with Crippen molar-refractivity contribution in [3.63, 3.8) is 0 Å². The monoisotopic (exact) mass is 362 g/mol. The molecular formula is C12H16Br2N2O. The van der Waals surface area contributed by atoms with Crippen LogP contribution in [-0.2, 0) is 0 Å². The van der Waals surface area contributed by atoms with E-state index in [2.05, 4.69) is 56.0 Å². The number of nitrogens with zero attached hydrogens (tertiary/aromatic N) is 1. The van der Waals surface area contributed by atoms with Gasteiger partial charge in [0.25, 0.3) is 5.91 Å². The van der Waals surface area contributed by atoms with E-state index in [4.69, 9.17) is 0 Å². The van der Waals surface area contributed by atoms with Crippen LogP contribution < -0.4 is 5.32 Å². The number of aromatic nitrogens is 1. The standard InChI is InChI=1S/C12H16Br2N2O/c1-8(2)3-10(13)7-16-12(17)9-4-11(14)6-15-5-9/h4-6,8,10H,3,7H2,1-2H3,(H,16,17). The number of nitrogens with one attached hydrogen (secondary N) is 1. The highest BCUT2D eigenvalue weighted by atomic mass is 79.9. The molecule has 0 fully saturated rings. The van der Waals surface area contributed by atoms with Crippen LogP contribution in [0.25, 0.3) is 0 Å². The number of amides is 1. The Bertz CT molecular complexity index is 383. The third kappa shape index (κ3) is 5.64. The first-order valence-electron chi connectivity index (χ1n) is 5.52. The number of carbonyl (C=O) groups excluding carboxylic acids is 1. The Morgan fingerprint density at radius 1 is 1.47 bits per heavy atom. The van der Waals surface area contributed by atoms with Gasteiger partial charge in [0.2, 0.25) is 0 Å². The van der Waals surface area contributed by atoms with E-state index in [1.807, 2.05) is 0 Å². The van der Waals surface area contributed by atoms with Gasteiger partial charge in [-0.3, -0.25) is 9.78 Å². The molecule has 1 amide bonds. The van der Waals surface area contributed by atoms with Crippen molar-refractivity contribution < 1.29 is 4.79 Å². The van der Waals surface area contributed by atoms with E-state index in [0.717, 1.165) is 10.9 Å². The first-order chi connectivity index (χ1) is 7.99. The molecule has 0 saturated carbocycles. The maximum absolute atomic E-state index is 11.8. The molecule has 17 heavy (non-hydrogen) atoms. The number of halogens is 2. The summed E-state index contributed by atoms with van der Waals surface area (Å²) in [6.07, 6.45) is 4.26. The van der Waals surface area contributed by atoms with E-state index < -0.39 is 0 Å². The van der Waals surface area contributed by atoms with Crippen molar-refractivity contribution in [3.8, 4) is 0 Å². The van der Waals surface area contributed by atoms with Crippen molar-refractivity contribution in [2.45, 2.75) is 25.1 Å². The van der Waals surface area contributed by atoms with Gasteiger partial charge in [-0.1, -0.05) is 29.8 Å². The third-order valence-corrected chi connectivity index (χ3v) is 3.31. The summed E-state index contributed by atoms with van der Waals surface area (Å²) in [6.45, 7) is 4.95. The molecule has 1 N–H and O–H groups in total. The Kier molecular flexibility index (Phi) is 6.12. The lowest BCUT2D eigenvalue weighted by molar-refractivity contribution is 0.0953. The van der Waals surface area contributed by atoms with Gasteiger partial charge >= 0.3 is 0 Å². The number of pyridine rings is 1. The van der Waals surface area contributed by atoms with Crippen LogP contribution in [0.3, 0.4) is 0 Å². The van der Waals surface area contributed by atoms with Crippen LogP contribution in [-0.4, -0.2) is 22.3 Å². The predicted molar refractivity (Wildman–Crippen MR) is 76.4 cm³/mol. The van der Waals surface area contributed by atoms with Gasteiger partial charge in [-0.15, -0.1) is 0 Å². The van der Waals surface area contributed by atoms with Crippen LogP contribution in [0.4, 0.5) is 0 Å². The Labute approximate surface area is 119 Å². The second-order valence-electron chi connectivity index (χ2n) is 4.33. The second kappa shape index (κ2) is 7.11. The number of hydrogen-bond acceptors (Lipinski definition) is 2. The minimum absolute atomic E-state index is 0.0907. The van der Waals surface area contributed by atoms with E-state index in [1.54, 1.807) is 18.5 Å². The van der Waals surface area contributed by atoms with E-state index in [9.17, 15) is 4.79 Å². The molecule has 0 spiro atoms. The molecule has 0 aromatic carbocycles. The van der Waals surface area contributed by atoms with Gasteiger partial charge in [-0.2, -0.15) is 0 Å². The fourth-order valence-corrected chi connectivity index (χ4v) is 2.71. The number of carbonyl (C=O) groups is 1. The highest BCUT2D eigenvalue weighted by Gasteiger charge is 2.10. The summed E-state index contributed by atoms with van der Waals surface area (Å²) in [5.74, 6) is 0.524. The molecule has 94 valence electrons. The minimum Gasteiger partial charge on any atom is -0.351 e. The summed E-state index contributed by atoms with van der Waals surface area (Å²) < 4.78 is 0.808. The van der Waals surface area contributed by atoms with Gasteiger partial charge in [0.05, 0.1) is 5.56 Å². The van der Waals surface area contributed by atoms with Gasteiger partial charge in [-0.25, -0.2) is 0 Å². The summed E-state index contributed by atoms with van der Waals surface area (Å²) in [5.41, 5.74) is 0.573. The lowest BCUT2D eigenvalue weighted by atomic mass is 10.1. The van der Waals surface area contributed by atoms with Crippen molar-refractivity contribution in [2.75, 3.05) is 6.54 Å². The number of hydrogen-bond donors (Lipinski definition) is 1. The summed E-state index contributed by atoms with van der Waals surface area (Å²) in [4.78, 5) is 16.1. The van der Waals surface area contributed by atoms with Gasteiger partial charge in [-0.05, 0) is 34.3 Å². The van der Waals surface area contributed by atoms with Crippen molar-refractivity contribution in [1.29, 1.82) is 0 Å². The quantitative estimate of drug-likeness (QED) is 0.814. The zero-order valence-electron chi connectivity index (χ0n) is 9.91. The summed E-state index contributed by atoms with van der Waals surface area (Å²) in [5, 5.41) is 2.88. The maximum Gasteiger partial charge on any atom is 0.252 e. The Hall–Kier alpha value is -0.420. The molecule has 0 aliphatic carbocycles. The average molecular weight is 364 g/mol. The Morgan fingerprint density at radius 2 is 2.18 bits per heavy atom. The molecule has 0 aliphatic heterocycles. The molecule has 0 saturated heterocycles. The largest absolute Gasteiger partial charge is 0.351 e. The van der Waals surface area contributed by atoms with Crippen molar-refractivity contribution in [2.24, 2.45) is 5.92 Å². The zero-order chi connectivity index (χ0) is 12.8. The highest BCUT2D eigenvalue weighted by molar-refractivity contribution is 9.10. The third-order valence-electron chi connectivity index (χ3n) is 2.18. The Morgan fingerprint density at radius 3 is 2.76 bits per heavy atom. The second-order valence-corrected chi connectivity index (χ2v) is 6.54. The van der Waals surface area contributed by atoms with E-state index in [-0.39, 0.29) is 5.91 Å². The highest BCUT2D eigenvalue weighted by Crippen LogP contribution is 2.12. The average Bonchev–Trinajstić information content (AvgIpc) is 2.25. The van der Waals surface area contributed by atoms with E-state index >= 15 is 0 Å². The van der Waals surface area contributed by atoms with Gasteiger partial charge in [0.15, 0.2) is 0 Å². The van der Waals surface area contributed by atoms with Crippen molar-refractivity contribution in [3.05, 3.63) is 28.5 Å². The van der Waals surface area contributed by atoms with Crippen LogP contribution in [0.2, 0.25) is 0 Å². The van der Waals surface area contributed by atoms with Gasteiger partial charge in [0.1, 0.15) is 0 Å². The summed E-state index contributed by atoms with van der Waals surface area (Å²) in [6, 6.07) is 1.76. The molecule has 1 aromatic rings. The van der Waals surface area contributed by atoms with Crippen LogP contribution in [0.5, 0.6) is 0 Å². The summed E-state index contributed by atoms with van der Waals surface area (Å²) >= 11 is 6.85. The lowest BCUT2D eigenvalue weighted by Gasteiger charge is -2.13. The predicted octanol–water partition coefficient (Wildman–Crippen LogP) is 3.38. The SMILES string of the molecule is CC(C)CC(Br)CNC(=O)c1cncc(Br)c1. The minimum atomic E-state index is -0.0907.